The zero-order valence-corrected chi connectivity index (χ0v) is 28.4. The van der Waals surface area contributed by atoms with Gasteiger partial charge in [-0.2, -0.15) is 0 Å². The molecule has 0 radical (unpaired) electrons. The Kier molecular flexibility index (Phi) is 20.8. The van der Waals surface area contributed by atoms with Crippen LogP contribution in [0.4, 0.5) is 11.4 Å². The van der Waals surface area contributed by atoms with Crippen LogP contribution in [0.2, 0.25) is 0 Å². The third-order valence-corrected chi connectivity index (χ3v) is 7.62. The molecule has 2 aromatic rings. The second kappa shape index (κ2) is 22.8. The van der Waals surface area contributed by atoms with Crippen molar-refractivity contribution in [3.05, 3.63) is 58.7 Å². The summed E-state index contributed by atoms with van der Waals surface area (Å²) in [4.78, 5) is 10.8. The van der Waals surface area contributed by atoms with Crippen molar-refractivity contribution in [1.82, 2.24) is 0 Å². The predicted molar refractivity (Wildman–Crippen MR) is 181 cm³/mol. The number of hydrogen-bond donors (Lipinski definition) is 0. The maximum absolute atomic E-state index is 5.43. The first-order valence-corrected chi connectivity index (χ1v) is 17.0. The second-order valence-electron chi connectivity index (χ2n) is 11.8. The number of aryl methyl sites for hydroxylation is 4. The van der Waals surface area contributed by atoms with Gasteiger partial charge in [-0.25, -0.2) is 0 Å². The van der Waals surface area contributed by atoms with Crippen LogP contribution in [0, 0.1) is 0 Å². The first kappa shape index (κ1) is 37.3. The van der Waals surface area contributed by atoms with Crippen LogP contribution in [-0.4, -0.2) is 11.4 Å². The van der Waals surface area contributed by atoms with Gasteiger partial charge in [0.1, 0.15) is 0 Å². The molecule has 0 heterocycles. The van der Waals surface area contributed by atoms with Crippen molar-refractivity contribution in [1.29, 1.82) is 0 Å². The third kappa shape index (κ3) is 14.8. The molecule has 0 bridgehead atoms. The number of benzene rings is 2. The van der Waals surface area contributed by atoms with Crippen LogP contribution in [0.15, 0.2) is 46.4 Å². The van der Waals surface area contributed by atoms with E-state index in [2.05, 4.69) is 77.9 Å². The van der Waals surface area contributed by atoms with Crippen LogP contribution in [-0.2, 0) is 42.2 Å². The van der Waals surface area contributed by atoms with E-state index in [1.54, 1.807) is 0 Å². The molecule has 0 atom stereocenters. The van der Waals surface area contributed by atoms with Gasteiger partial charge in [-0.05, 0) is 97.9 Å². The largest absolute Gasteiger partial charge is 0.252 e. The maximum atomic E-state index is 5.43. The standard InChI is InChI=1S/C38H60N2.Ni/c1-7-13-15-16-17-18-24-38(40-36-29-33(21-11-5)26-34(30-36)22-12-6)37(23-14-8-2)39-35-27-31(19-9-3)25-32(28-35)20-10-4;/h25-30H,7-24H2,1-6H3;/b39-37+,40-38+;. The van der Waals surface area contributed by atoms with Gasteiger partial charge in [-0.15, -0.1) is 0 Å². The zero-order valence-electron chi connectivity index (χ0n) is 27.4. The Bertz CT molecular complexity index is 988. The van der Waals surface area contributed by atoms with Crippen LogP contribution < -0.4 is 0 Å². The smallest absolute Gasteiger partial charge is 0.0639 e. The van der Waals surface area contributed by atoms with Gasteiger partial charge in [-0.3, -0.25) is 9.98 Å². The van der Waals surface area contributed by atoms with E-state index in [-0.39, 0.29) is 16.5 Å². The molecule has 41 heavy (non-hydrogen) atoms. The number of unbranched alkanes of at least 4 members (excludes halogenated alkanes) is 6. The van der Waals surface area contributed by atoms with Crippen molar-refractivity contribution in [3.63, 3.8) is 0 Å². The minimum absolute atomic E-state index is 0. The van der Waals surface area contributed by atoms with E-state index < -0.39 is 0 Å². The SMILES string of the molecule is CCCCCCCCC(=N\c1cc(CCC)cc(CCC)c1)/C(CCCC)=N/c1cc(CCC)cc(CCC)c1.[Ni]. The molecule has 0 aliphatic carbocycles. The molecule has 232 valence electrons. The first-order chi connectivity index (χ1) is 19.6. The summed E-state index contributed by atoms with van der Waals surface area (Å²) >= 11 is 0. The average molecular weight is 604 g/mol. The fraction of sp³-hybridized carbons (Fsp3) is 0.632. The van der Waals surface area contributed by atoms with Gasteiger partial charge in [0.25, 0.3) is 0 Å². The fourth-order valence-corrected chi connectivity index (χ4v) is 5.61. The van der Waals surface area contributed by atoms with Crippen LogP contribution in [0.5, 0.6) is 0 Å². The predicted octanol–water partition coefficient (Wildman–Crippen LogP) is 12.3. The number of nitrogens with zero attached hydrogens (tertiary/aromatic N) is 2. The molecule has 0 saturated heterocycles. The first-order valence-electron chi connectivity index (χ1n) is 17.0. The van der Waals surface area contributed by atoms with Crippen molar-refractivity contribution >= 4 is 22.8 Å². The Labute approximate surface area is 264 Å². The molecule has 0 amide bonds. The van der Waals surface area contributed by atoms with Crippen LogP contribution >= 0.6 is 0 Å². The molecule has 2 nitrogen and oxygen atoms in total. The molecule has 0 aliphatic rings. The van der Waals surface area contributed by atoms with Gasteiger partial charge in [0.15, 0.2) is 0 Å². The number of aliphatic imine (C=N–C) groups is 2. The Morgan fingerprint density at radius 3 is 1.12 bits per heavy atom. The van der Waals surface area contributed by atoms with E-state index in [0.29, 0.717) is 0 Å². The zero-order chi connectivity index (χ0) is 29.0. The summed E-state index contributed by atoms with van der Waals surface area (Å²) in [5.74, 6) is 0. The Morgan fingerprint density at radius 2 is 0.756 bits per heavy atom. The summed E-state index contributed by atoms with van der Waals surface area (Å²) in [5.41, 5.74) is 10.4. The summed E-state index contributed by atoms with van der Waals surface area (Å²) in [7, 11) is 0. The van der Waals surface area contributed by atoms with Crippen LogP contribution in [0.1, 0.15) is 154 Å². The monoisotopic (exact) mass is 602 g/mol. The Hall–Kier alpha value is -1.73. The summed E-state index contributed by atoms with van der Waals surface area (Å²) in [5, 5.41) is 0. The van der Waals surface area contributed by atoms with Crippen molar-refractivity contribution in [2.24, 2.45) is 9.98 Å². The Morgan fingerprint density at radius 1 is 0.415 bits per heavy atom. The van der Waals surface area contributed by atoms with E-state index in [9.17, 15) is 0 Å². The third-order valence-electron chi connectivity index (χ3n) is 7.62. The molecule has 0 spiro atoms. The number of rotatable bonds is 21. The van der Waals surface area contributed by atoms with Gasteiger partial charge in [0.2, 0.25) is 0 Å². The van der Waals surface area contributed by atoms with Gasteiger partial charge in [0.05, 0.1) is 22.8 Å². The van der Waals surface area contributed by atoms with Gasteiger partial charge in [0, 0.05) is 16.5 Å². The average Bonchev–Trinajstić information content (AvgIpc) is 2.93. The van der Waals surface area contributed by atoms with Gasteiger partial charge >= 0.3 is 0 Å². The van der Waals surface area contributed by atoms with E-state index in [0.717, 1.165) is 56.3 Å². The molecular formula is C38H60N2Ni. The van der Waals surface area contributed by atoms with E-state index >= 15 is 0 Å². The van der Waals surface area contributed by atoms with Gasteiger partial charge in [-0.1, -0.05) is 118 Å². The number of hydrogen-bond acceptors (Lipinski definition) is 2. The minimum Gasteiger partial charge on any atom is -0.252 e. The second-order valence-corrected chi connectivity index (χ2v) is 11.8. The minimum atomic E-state index is 0. The molecule has 0 aromatic heterocycles. The van der Waals surface area contributed by atoms with Crippen molar-refractivity contribution < 1.29 is 16.5 Å². The molecular weight excluding hydrogens is 543 g/mol. The molecule has 2 aromatic carbocycles. The molecule has 0 unspecified atom stereocenters. The molecule has 3 heteroatoms. The normalized spacial score (nSPS) is 12.0. The van der Waals surface area contributed by atoms with E-state index in [1.165, 1.54) is 104 Å². The molecule has 2 rings (SSSR count). The fourth-order valence-electron chi connectivity index (χ4n) is 5.61. The van der Waals surface area contributed by atoms with E-state index in [1.807, 2.05) is 0 Å². The quantitative estimate of drug-likeness (QED) is 0.0770. The maximum Gasteiger partial charge on any atom is 0.0639 e. The summed E-state index contributed by atoms with van der Waals surface area (Å²) < 4.78 is 0. The molecule has 0 fully saturated rings. The Balaban J connectivity index is 0.00000840. The van der Waals surface area contributed by atoms with Crippen molar-refractivity contribution in [2.45, 2.75) is 157 Å². The summed E-state index contributed by atoms with van der Waals surface area (Å²) in [6, 6.07) is 14.1. The topological polar surface area (TPSA) is 24.7 Å². The van der Waals surface area contributed by atoms with E-state index in [4.69, 9.17) is 9.98 Å². The summed E-state index contributed by atoms with van der Waals surface area (Å²) in [6.07, 6.45) is 21.3. The van der Waals surface area contributed by atoms with Crippen molar-refractivity contribution in [2.75, 3.05) is 0 Å². The van der Waals surface area contributed by atoms with Crippen LogP contribution in [0.25, 0.3) is 0 Å². The molecule has 0 aliphatic heterocycles. The van der Waals surface area contributed by atoms with Gasteiger partial charge < -0.3 is 0 Å². The molecule has 0 N–H and O–H groups in total. The van der Waals surface area contributed by atoms with Crippen molar-refractivity contribution in [3.8, 4) is 0 Å². The summed E-state index contributed by atoms with van der Waals surface area (Å²) in [6.45, 7) is 13.7. The molecule has 0 saturated carbocycles. The van der Waals surface area contributed by atoms with Crippen LogP contribution in [0.3, 0.4) is 0 Å².